The van der Waals surface area contributed by atoms with E-state index in [4.69, 9.17) is 4.74 Å². The second-order valence-corrected chi connectivity index (χ2v) is 7.99. The third-order valence-corrected chi connectivity index (χ3v) is 6.08. The number of methoxy groups -OCH3 is 1. The molecule has 1 N–H and O–H groups in total. The van der Waals surface area contributed by atoms with Gasteiger partial charge in [-0.05, 0) is 35.7 Å². The average Bonchev–Trinajstić information content (AvgIpc) is 3.40. The van der Waals surface area contributed by atoms with Crippen LogP contribution in [-0.4, -0.2) is 63.2 Å². The molecule has 2 heterocycles. The van der Waals surface area contributed by atoms with Crippen LogP contribution >= 0.6 is 11.8 Å². The zero-order valence-electron chi connectivity index (χ0n) is 16.4. The second-order valence-electron chi connectivity index (χ2n) is 7.04. The first kappa shape index (κ1) is 19.7. The number of benzene rings is 2. The molecule has 1 amide bonds. The number of likely N-dealkylation sites (tertiary alicyclic amines) is 1. The van der Waals surface area contributed by atoms with Gasteiger partial charge in [0.25, 0.3) is 0 Å². The van der Waals surface area contributed by atoms with Crippen molar-refractivity contribution in [3.63, 3.8) is 0 Å². The summed E-state index contributed by atoms with van der Waals surface area (Å²) in [6, 6.07) is 11.5. The summed E-state index contributed by atoms with van der Waals surface area (Å²) >= 11 is 1.38. The number of amides is 1. The van der Waals surface area contributed by atoms with Crippen molar-refractivity contribution in [2.75, 3.05) is 32.6 Å². The van der Waals surface area contributed by atoms with Crippen LogP contribution in [0.3, 0.4) is 0 Å². The van der Waals surface area contributed by atoms with Crippen LogP contribution in [0.5, 0.6) is 5.75 Å². The maximum Gasteiger partial charge on any atom is 0.233 e. The molecule has 1 aromatic heterocycles. The Morgan fingerprint density at radius 3 is 2.62 bits per heavy atom. The van der Waals surface area contributed by atoms with E-state index in [2.05, 4.69) is 10.2 Å². The van der Waals surface area contributed by atoms with Crippen molar-refractivity contribution in [3.8, 4) is 17.1 Å². The predicted molar refractivity (Wildman–Crippen MR) is 113 cm³/mol. The zero-order chi connectivity index (χ0) is 20.2. The van der Waals surface area contributed by atoms with Crippen molar-refractivity contribution in [1.82, 2.24) is 19.7 Å². The molecule has 8 heteroatoms. The lowest BCUT2D eigenvalue weighted by molar-refractivity contribution is -0.127. The molecule has 152 valence electrons. The number of hydrogen-bond donors (Lipinski definition) is 1. The lowest BCUT2D eigenvalue weighted by Crippen LogP contribution is -2.29. The van der Waals surface area contributed by atoms with E-state index >= 15 is 0 Å². The highest BCUT2D eigenvalue weighted by Gasteiger charge is 2.21. The van der Waals surface area contributed by atoms with E-state index in [-0.39, 0.29) is 11.7 Å². The average molecular weight is 413 g/mol. The summed E-state index contributed by atoms with van der Waals surface area (Å²) in [5.41, 5.74) is 0.616. The van der Waals surface area contributed by atoms with E-state index in [0.29, 0.717) is 35.4 Å². The minimum Gasteiger partial charge on any atom is -0.507 e. The Morgan fingerprint density at radius 2 is 1.90 bits per heavy atom. The van der Waals surface area contributed by atoms with E-state index in [9.17, 15) is 9.90 Å². The quantitative estimate of drug-likeness (QED) is 0.601. The van der Waals surface area contributed by atoms with Crippen LogP contribution < -0.4 is 0 Å². The summed E-state index contributed by atoms with van der Waals surface area (Å²) in [6.07, 6.45) is 2.15. The molecule has 1 fully saturated rings. The number of hydrogen-bond acceptors (Lipinski definition) is 6. The first-order valence-electron chi connectivity index (χ1n) is 9.72. The number of thioether (sulfide) groups is 1. The second kappa shape index (κ2) is 8.84. The van der Waals surface area contributed by atoms with Crippen LogP contribution in [-0.2, 0) is 16.1 Å². The van der Waals surface area contributed by atoms with Crippen LogP contribution in [0.2, 0.25) is 0 Å². The summed E-state index contributed by atoms with van der Waals surface area (Å²) in [5.74, 6) is 1.18. The molecule has 0 atom stereocenters. The van der Waals surface area contributed by atoms with Crippen LogP contribution in [0.25, 0.3) is 22.2 Å². The van der Waals surface area contributed by atoms with Crippen LogP contribution in [0.15, 0.2) is 41.6 Å². The number of ether oxygens (including phenoxy) is 1. The van der Waals surface area contributed by atoms with E-state index < -0.39 is 0 Å². The number of nitrogens with zero attached hydrogens (tertiary/aromatic N) is 4. The Morgan fingerprint density at radius 1 is 1.17 bits per heavy atom. The van der Waals surface area contributed by atoms with Crippen molar-refractivity contribution in [1.29, 1.82) is 0 Å². The summed E-state index contributed by atoms with van der Waals surface area (Å²) < 4.78 is 7.16. The highest BCUT2D eigenvalue weighted by atomic mass is 32.2. The van der Waals surface area contributed by atoms with Crippen molar-refractivity contribution in [2.45, 2.75) is 24.5 Å². The SMILES string of the molecule is COCCn1c(SCC(=O)N2CCCC2)nnc1-c1cc2ccccc2cc1O. The Labute approximate surface area is 173 Å². The molecule has 0 aliphatic carbocycles. The van der Waals surface area contributed by atoms with Gasteiger partial charge in [0.05, 0.1) is 24.5 Å². The molecular formula is C21H24N4O3S. The third kappa shape index (κ3) is 4.23. The Bertz CT molecular complexity index is 1010. The smallest absolute Gasteiger partial charge is 0.233 e. The summed E-state index contributed by atoms with van der Waals surface area (Å²) in [5, 5.41) is 21.9. The number of aromatic hydroxyl groups is 1. The van der Waals surface area contributed by atoms with E-state index in [0.717, 1.165) is 36.7 Å². The fourth-order valence-corrected chi connectivity index (χ4v) is 4.44. The monoisotopic (exact) mass is 412 g/mol. The largest absolute Gasteiger partial charge is 0.507 e. The summed E-state index contributed by atoms with van der Waals surface area (Å²) in [4.78, 5) is 14.3. The standard InChI is InChI=1S/C21H24N4O3S/c1-28-11-10-25-20(17-12-15-6-2-3-7-16(15)13-18(17)26)22-23-21(25)29-14-19(27)24-8-4-5-9-24/h2-3,6-7,12-13,26H,4-5,8-11,14H2,1H3. The van der Waals surface area contributed by atoms with Gasteiger partial charge in [-0.25, -0.2) is 0 Å². The number of rotatable bonds is 7. The van der Waals surface area contributed by atoms with Crippen molar-refractivity contribution < 1.29 is 14.6 Å². The summed E-state index contributed by atoms with van der Waals surface area (Å²) in [6.45, 7) is 2.69. The fraction of sp³-hybridized carbons (Fsp3) is 0.381. The van der Waals surface area contributed by atoms with Gasteiger partial charge >= 0.3 is 0 Å². The number of phenols is 1. The molecule has 0 unspecified atom stereocenters. The predicted octanol–water partition coefficient (Wildman–Crippen LogP) is 3.16. The molecule has 7 nitrogen and oxygen atoms in total. The van der Waals surface area contributed by atoms with Gasteiger partial charge in [0.2, 0.25) is 5.91 Å². The molecular weight excluding hydrogens is 388 g/mol. The zero-order valence-corrected chi connectivity index (χ0v) is 17.2. The van der Waals surface area contributed by atoms with Crippen molar-refractivity contribution in [3.05, 3.63) is 36.4 Å². The van der Waals surface area contributed by atoms with E-state index in [1.807, 2.05) is 39.8 Å². The fourth-order valence-electron chi connectivity index (χ4n) is 3.57. The molecule has 0 spiro atoms. The third-order valence-electron chi connectivity index (χ3n) is 5.12. The number of carbonyl (C=O) groups is 1. The molecule has 1 saturated heterocycles. The van der Waals surface area contributed by atoms with Gasteiger partial charge in [-0.3, -0.25) is 9.36 Å². The summed E-state index contributed by atoms with van der Waals surface area (Å²) in [7, 11) is 1.64. The van der Waals surface area contributed by atoms with Gasteiger partial charge in [0.15, 0.2) is 11.0 Å². The van der Waals surface area contributed by atoms with Crippen LogP contribution in [0.1, 0.15) is 12.8 Å². The Kier molecular flexibility index (Phi) is 6.01. The van der Waals surface area contributed by atoms with Gasteiger partial charge in [-0.15, -0.1) is 10.2 Å². The van der Waals surface area contributed by atoms with Crippen molar-refractivity contribution in [2.24, 2.45) is 0 Å². The molecule has 3 aromatic rings. The highest BCUT2D eigenvalue weighted by Crippen LogP contribution is 2.34. The Hall–Kier alpha value is -2.58. The molecule has 0 saturated carbocycles. The molecule has 4 rings (SSSR count). The minimum atomic E-state index is 0.129. The van der Waals surface area contributed by atoms with Gasteiger partial charge in [0, 0.05) is 20.2 Å². The molecule has 29 heavy (non-hydrogen) atoms. The van der Waals surface area contributed by atoms with Crippen molar-refractivity contribution >= 4 is 28.4 Å². The highest BCUT2D eigenvalue weighted by molar-refractivity contribution is 7.99. The number of aromatic nitrogens is 3. The maximum atomic E-state index is 12.4. The topological polar surface area (TPSA) is 80.5 Å². The molecule has 1 aliphatic heterocycles. The van der Waals surface area contributed by atoms with Gasteiger partial charge in [-0.2, -0.15) is 0 Å². The lowest BCUT2D eigenvalue weighted by atomic mass is 10.1. The number of carbonyl (C=O) groups excluding carboxylic acids is 1. The number of phenolic OH excluding ortho intramolecular Hbond substituents is 1. The molecule has 1 aliphatic rings. The Balaban J connectivity index is 1.63. The molecule has 0 bridgehead atoms. The molecule has 0 radical (unpaired) electrons. The van der Waals surface area contributed by atoms with Gasteiger partial charge < -0.3 is 14.7 Å². The first-order valence-corrected chi connectivity index (χ1v) is 10.7. The van der Waals surface area contributed by atoms with Crippen LogP contribution in [0.4, 0.5) is 0 Å². The van der Waals surface area contributed by atoms with Gasteiger partial charge in [-0.1, -0.05) is 36.0 Å². The minimum absolute atomic E-state index is 0.129. The maximum absolute atomic E-state index is 12.4. The normalized spacial score (nSPS) is 14.0. The lowest BCUT2D eigenvalue weighted by Gasteiger charge is -2.15. The molecule has 2 aromatic carbocycles. The van der Waals surface area contributed by atoms with E-state index in [1.165, 1.54) is 11.8 Å². The number of fused-ring (bicyclic) bond motifs is 1. The van der Waals surface area contributed by atoms with Crippen LogP contribution in [0, 0.1) is 0 Å². The first-order chi connectivity index (χ1) is 14.2. The van der Waals surface area contributed by atoms with Gasteiger partial charge in [0.1, 0.15) is 5.75 Å². The van der Waals surface area contributed by atoms with E-state index in [1.54, 1.807) is 13.2 Å².